The Labute approximate surface area is 71.7 Å². The van der Waals surface area contributed by atoms with Crippen molar-refractivity contribution in [2.24, 2.45) is 0 Å². The minimum Gasteiger partial charge on any atom is -0.330 e. The Bertz CT molecular complexity index is 249. The summed E-state index contributed by atoms with van der Waals surface area (Å²) in [6.45, 7) is 2.68. The van der Waals surface area contributed by atoms with Gasteiger partial charge in [0.15, 0.2) is 5.78 Å². The zero-order valence-electron chi connectivity index (χ0n) is 7.30. The molecule has 12 heavy (non-hydrogen) atoms. The number of rotatable bonds is 0. The molecule has 0 N–H and O–H groups in total. The maximum Gasteiger partial charge on any atom is 0.223 e. The highest BCUT2D eigenvalue weighted by molar-refractivity contribution is 5.98. The highest BCUT2D eigenvalue weighted by Gasteiger charge is 2.47. The van der Waals surface area contributed by atoms with Crippen LogP contribution in [-0.4, -0.2) is 28.7 Å². The van der Waals surface area contributed by atoms with Crippen LogP contribution in [0.5, 0.6) is 0 Å². The summed E-state index contributed by atoms with van der Waals surface area (Å²) in [5.41, 5.74) is -0.435. The summed E-state index contributed by atoms with van der Waals surface area (Å²) >= 11 is 0. The number of ketones is 1. The maximum atomic E-state index is 11.5. The van der Waals surface area contributed by atoms with Crippen LogP contribution in [0, 0.1) is 0 Å². The zero-order valence-corrected chi connectivity index (χ0v) is 7.30. The molecule has 2 rings (SSSR count). The van der Waals surface area contributed by atoms with E-state index in [4.69, 9.17) is 0 Å². The molecule has 2 fully saturated rings. The number of amides is 1. The lowest BCUT2D eigenvalue weighted by molar-refractivity contribution is -0.148. The third-order valence-corrected chi connectivity index (χ3v) is 3.11. The number of fused-ring (bicyclic) bond motifs is 1. The molecule has 2 heterocycles. The highest BCUT2D eigenvalue weighted by Crippen LogP contribution is 2.34. The van der Waals surface area contributed by atoms with Crippen molar-refractivity contribution in [1.82, 2.24) is 4.90 Å². The normalized spacial score (nSPS) is 35.6. The minimum atomic E-state index is -0.435. The number of hydrogen-bond acceptors (Lipinski definition) is 2. The predicted octanol–water partition coefficient (Wildman–Crippen LogP) is 0.730. The first kappa shape index (κ1) is 7.77. The molecule has 2 aliphatic rings. The first-order valence-corrected chi connectivity index (χ1v) is 4.48. The van der Waals surface area contributed by atoms with Crippen molar-refractivity contribution in [3.05, 3.63) is 0 Å². The third-order valence-electron chi connectivity index (χ3n) is 3.11. The van der Waals surface area contributed by atoms with Crippen molar-refractivity contribution in [3.8, 4) is 0 Å². The standard InChI is InChI=1S/C9H13NO2/c1-9-5-2-6-10(9)8(12)4-3-7(9)11/h2-6H2,1H3. The summed E-state index contributed by atoms with van der Waals surface area (Å²) in [4.78, 5) is 24.7. The predicted molar refractivity (Wildman–Crippen MR) is 43.6 cm³/mol. The summed E-state index contributed by atoms with van der Waals surface area (Å²) in [6, 6.07) is 0. The fraction of sp³-hybridized carbons (Fsp3) is 0.778. The van der Waals surface area contributed by atoms with Crippen molar-refractivity contribution in [3.63, 3.8) is 0 Å². The molecule has 1 unspecified atom stereocenters. The van der Waals surface area contributed by atoms with E-state index < -0.39 is 5.54 Å². The third kappa shape index (κ3) is 0.822. The van der Waals surface area contributed by atoms with Crippen LogP contribution in [0.25, 0.3) is 0 Å². The number of Topliss-reactive ketones (excluding diaryl/α,β-unsaturated/α-hetero) is 1. The van der Waals surface area contributed by atoms with Crippen molar-refractivity contribution < 1.29 is 9.59 Å². The number of piperidine rings is 1. The quantitative estimate of drug-likeness (QED) is 0.533. The van der Waals surface area contributed by atoms with Crippen LogP contribution in [-0.2, 0) is 9.59 Å². The van der Waals surface area contributed by atoms with Crippen molar-refractivity contribution in [1.29, 1.82) is 0 Å². The molecule has 0 aromatic carbocycles. The topological polar surface area (TPSA) is 37.4 Å². The van der Waals surface area contributed by atoms with E-state index in [9.17, 15) is 9.59 Å². The van der Waals surface area contributed by atoms with Crippen LogP contribution in [0.15, 0.2) is 0 Å². The zero-order chi connectivity index (χ0) is 8.77. The molecule has 0 aromatic rings. The second kappa shape index (κ2) is 2.31. The van der Waals surface area contributed by atoms with Gasteiger partial charge in [-0.25, -0.2) is 0 Å². The van der Waals surface area contributed by atoms with Gasteiger partial charge in [0.1, 0.15) is 0 Å². The van der Waals surface area contributed by atoms with E-state index in [1.54, 1.807) is 4.90 Å². The highest BCUT2D eigenvalue weighted by atomic mass is 16.2. The van der Waals surface area contributed by atoms with Gasteiger partial charge in [0, 0.05) is 19.4 Å². The maximum absolute atomic E-state index is 11.5. The van der Waals surface area contributed by atoms with E-state index in [1.807, 2.05) is 6.92 Å². The van der Waals surface area contributed by atoms with Crippen molar-refractivity contribution in [2.45, 2.75) is 38.1 Å². The molecule has 1 amide bonds. The van der Waals surface area contributed by atoms with Gasteiger partial charge in [-0.15, -0.1) is 0 Å². The summed E-state index contributed by atoms with van der Waals surface area (Å²) in [5.74, 6) is 0.411. The fourth-order valence-corrected chi connectivity index (χ4v) is 2.28. The van der Waals surface area contributed by atoms with Gasteiger partial charge in [0.25, 0.3) is 0 Å². The number of nitrogens with zero attached hydrogens (tertiary/aromatic N) is 1. The van der Waals surface area contributed by atoms with Gasteiger partial charge in [-0.2, -0.15) is 0 Å². The molecule has 2 aliphatic heterocycles. The van der Waals surface area contributed by atoms with Gasteiger partial charge in [-0.05, 0) is 19.8 Å². The Balaban J connectivity index is 2.33. The molecule has 1 atom stereocenters. The summed E-state index contributed by atoms with van der Waals surface area (Å²) < 4.78 is 0. The van der Waals surface area contributed by atoms with Crippen LogP contribution >= 0.6 is 0 Å². The molecule has 0 aromatic heterocycles. The first-order valence-electron chi connectivity index (χ1n) is 4.48. The molecule has 2 saturated heterocycles. The van der Waals surface area contributed by atoms with Gasteiger partial charge in [0.2, 0.25) is 5.91 Å². The van der Waals surface area contributed by atoms with Gasteiger partial charge >= 0.3 is 0 Å². The Kier molecular flexibility index (Phi) is 1.50. The number of carbonyl (C=O) groups excluding carboxylic acids is 2. The van der Waals surface area contributed by atoms with Crippen molar-refractivity contribution in [2.75, 3.05) is 6.54 Å². The molecule has 0 saturated carbocycles. The van der Waals surface area contributed by atoms with E-state index in [0.717, 1.165) is 19.4 Å². The SMILES string of the molecule is CC12CCCN1C(=O)CCC2=O. The molecule has 66 valence electrons. The average molecular weight is 167 g/mol. The molecule has 0 spiro atoms. The van der Waals surface area contributed by atoms with Crippen LogP contribution in [0.2, 0.25) is 0 Å². The molecule has 0 aliphatic carbocycles. The minimum absolute atomic E-state index is 0.162. The van der Waals surface area contributed by atoms with Gasteiger partial charge in [0.05, 0.1) is 5.54 Å². The molecule has 3 nitrogen and oxygen atoms in total. The van der Waals surface area contributed by atoms with Crippen LogP contribution < -0.4 is 0 Å². The van der Waals surface area contributed by atoms with Crippen LogP contribution in [0.4, 0.5) is 0 Å². The molecular formula is C9H13NO2. The second-order valence-corrected chi connectivity index (χ2v) is 3.85. The number of hydrogen-bond donors (Lipinski definition) is 0. The molecule has 0 radical (unpaired) electrons. The monoisotopic (exact) mass is 167 g/mol. The van der Waals surface area contributed by atoms with Gasteiger partial charge in [-0.3, -0.25) is 9.59 Å². The lowest BCUT2D eigenvalue weighted by Gasteiger charge is -2.37. The van der Waals surface area contributed by atoms with E-state index in [-0.39, 0.29) is 11.7 Å². The fourth-order valence-electron chi connectivity index (χ4n) is 2.28. The van der Waals surface area contributed by atoms with Gasteiger partial charge in [-0.1, -0.05) is 0 Å². The van der Waals surface area contributed by atoms with E-state index >= 15 is 0 Å². The van der Waals surface area contributed by atoms with E-state index in [0.29, 0.717) is 12.8 Å². The largest absolute Gasteiger partial charge is 0.330 e. The van der Waals surface area contributed by atoms with E-state index in [1.165, 1.54) is 0 Å². The Morgan fingerprint density at radius 2 is 2.08 bits per heavy atom. The molecular weight excluding hydrogens is 154 g/mol. The summed E-state index contributed by atoms with van der Waals surface area (Å²) in [6.07, 6.45) is 2.71. The lowest BCUT2D eigenvalue weighted by atomic mass is 9.87. The second-order valence-electron chi connectivity index (χ2n) is 3.85. The summed E-state index contributed by atoms with van der Waals surface area (Å²) in [5, 5.41) is 0. The Morgan fingerprint density at radius 1 is 1.33 bits per heavy atom. The first-order chi connectivity index (χ1) is 5.64. The summed E-state index contributed by atoms with van der Waals surface area (Å²) in [7, 11) is 0. The Morgan fingerprint density at radius 3 is 2.75 bits per heavy atom. The average Bonchev–Trinajstić information content (AvgIpc) is 2.42. The molecule has 0 bridgehead atoms. The lowest BCUT2D eigenvalue weighted by Crippen LogP contribution is -2.54. The number of carbonyl (C=O) groups is 2. The Hall–Kier alpha value is -0.860. The smallest absolute Gasteiger partial charge is 0.223 e. The van der Waals surface area contributed by atoms with E-state index in [2.05, 4.69) is 0 Å². The van der Waals surface area contributed by atoms with Gasteiger partial charge < -0.3 is 4.90 Å². The van der Waals surface area contributed by atoms with Crippen molar-refractivity contribution >= 4 is 11.7 Å². The molecule has 3 heteroatoms. The van der Waals surface area contributed by atoms with Crippen LogP contribution in [0.1, 0.15) is 32.6 Å². The van der Waals surface area contributed by atoms with Crippen LogP contribution in [0.3, 0.4) is 0 Å².